The van der Waals surface area contributed by atoms with Crippen LogP contribution in [0.2, 0.25) is 0 Å². The van der Waals surface area contributed by atoms with Gasteiger partial charge in [-0.2, -0.15) is 0 Å². The average molecular weight is 380 g/mol. The predicted molar refractivity (Wildman–Crippen MR) is 90.1 cm³/mol. The summed E-state index contributed by atoms with van der Waals surface area (Å²) in [5.74, 6) is -0.326. The van der Waals surface area contributed by atoms with E-state index in [1.165, 1.54) is 23.3 Å². The third-order valence-corrected chi connectivity index (χ3v) is 6.33. The molecule has 1 saturated carbocycles. The number of likely N-dealkylation sites (tertiary alicyclic amines) is 1. The summed E-state index contributed by atoms with van der Waals surface area (Å²) in [6.07, 6.45) is 0.185. The van der Waals surface area contributed by atoms with Crippen molar-refractivity contribution in [3.8, 4) is 0 Å². The van der Waals surface area contributed by atoms with Crippen LogP contribution in [0.3, 0.4) is 0 Å². The van der Waals surface area contributed by atoms with Gasteiger partial charge in [-0.1, -0.05) is 11.3 Å². The van der Waals surface area contributed by atoms with E-state index >= 15 is 0 Å². The zero-order valence-electron chi connectivity index (χ0n) is 14.6. The lowest BCUT2D eigenvalue weighted by molar-refractivity contribution is -0.144. The lowest BCUT2D eigenvalue weighted by Gasteiger charge is -2.22. The molecule has 0 bridgehead atoms. The molecule has 3 heterocycles. The Morgan fingerprint density at radius 1 is 1.19 bits per heavy atom. The Morgan fingerprint density at radius 3 is 2.58 bits per heavy atom. The molecule has 140 valence electrons. The van der Waals surface area contributed by atoms with Crippen molar-refractivity contribution in [3.05, 3.63) is 5.01 Å². The average Bonchev–Trinajstić information content (AvgIpc) is 3.06. The van der Waals surface area contributed by atoms with Gasteiger partial charge in [0.15, 0.2) is 0 Å². The molecule has 2 amide bonds. The van der Waals surface area contributed by atoms with Gasteiger partial charge in [0.1, 0.15) is 11.6 Å². The number of rotatable bonds is 5. The van der Waals surface area contributed by atoms with Crippen molar-refractivity contribution in [1.82, 2.24) is 15.1 Å². The Hall–Kier alpha value is -2.07. The topological polar surface area (TPSA) is 102 Å². The molecule has 1 aromatic rings. The number of carbonyl (C=O) groups excluding carboxylic acids is 3. The third-order valence-electron chi connectivity index (χ3n) is 5.41. The molecule has 2 aliphatic heterocycles. The SMILES string of the molecule is COCc1nnc(N2CC(C(=O)N3C[C@@H]4C(C(=O)OC)[C@@H]4C3)CC2=O)s1. The molecular formula is C16H20N4O5S. The molecule has 26 heavy (non-hydrogen) atoms. The normalized spacial score (nSPS) is 29.8. The molecule has 1 aromatic heterocycles. The minimum absolute atomic E-state index is 0.0155. The van der Waals surface area contributed by atoms with Gasteiger partial charge >= 0.3 is 5.97 Å². The van der Waals surface area contributed by atoms with Crippen LogP contribution < -0.4 is 4.90 Å². The van der Waals surface area contributed by atoms with Crippen molar-refractivity contribution in [2.24, 2.45) is 23.7 Å². The Balaban J connectivity index is 1.35. The monoisotopic (exact) mass is 380 g/mol. The molecule has 2 saturated heterocycles. The van der Waals surface area contributed by atoms with Gasteiger partial charge in [0.05, 0.1) is 18.9 Å². The van der Waals surface area contributed by atoms with Gasteiger partial charge < -0.3 is 14.4 Å². The first kappa shape index (κ1) is 17.3. The molecule has 10 heteroatoms. The molecule has 0 radical (unpaired) electrons. The number of ether oxygens (including phenoxy) is 2. The van der Waals surface area contributed by atoms with E-state index in [-0.39, 0.29) is 47.9 Å². The maximum Gasteiger partial charge on any atom is 0.309 e. The van der Waals surface area contributed by atoms with Crippen LogP contribution in [0, 0.1) is 23.7 Å². The fourth-order valence-corrected chi connectivity index (χ4v) is 4.88. The van der Waals surface area contributed by atoms with Crippen LogP contribution >= 0.6 is 11.3 Å². The molecule has 2 unspecified atom stereocenters. The Kier molecular flexibility index (Phi) is 4.39. The largest absolute Gasteiger partial charge is 0.469 e. The summed E-state index contributed by atoms with van der Waals surface area (Å²) in [4.78, 5) is 40.0. The number of fused-ring (bicyclic) bond motifs is 1. The lowest BCUT2D eigenvalue weighted by Crippen LogP contribution is -2.38. The van der Waals surface area contributed by atoms with E-state index < -0.39 is 0 Å². The number of esters is 1. The van der Waals surface area contributed by atoms with E-state index in [0.717, 1.165) is 0 Å². The highest BCUT2D eigenvalue weighted by Gasteiger charge is 2.61. The van der Waals surface area contributed by atoms with E-state index in [1.54, 1.807) is 12.0 Å². The standard InChI is InChI=1S/C16H20N4O5S/c1-24-7-11-17-18-16(26-11)20-4-8(3-12(20)21)14(22)19-5-9-10(6-19)13(9)15(23)25-2/h8-10,13H,3-7H2,1-2H3/t8?,9-,10+,13?. The first-order chi connectivity index (χ1) is 12.5. The highest BCUT2D eigenvalue weighted by molar-refractivity contribution is 7.15. The van der Waals surface area contributed by atoms with Crippen LogP contribution in [-0.2, 0) is 30.5 Å². The summed E-state index contributed by atoms with van der Waals surface area (Å²) in [5.41, 5.74) is 0. The molecule has 1 aliphatic carbocycles. The van der Waals surface area contributed by atoms with Crippen molar-refractivity contribution in [2.75, 3.05) is 38.8 Å². The van der Waals surface area contributed by atoms with Crippen LogP contribution in [-0.4, -0.2) is 66.7 Å². The number of methoxy groups -OCH3 is 2. The summed E-state index contributed by atoms with van der Waals surface area (Å²) in [5, 5.41) is 9.23. The molecule has 9 nitrogen and oxygen atoms in total. The maximum atomic E-state index is 12.8. The van der Waals surface area contributed by atoms with E-state index in [1.807, 2.05) is 0 Å². The number of piperidine rings is 1. The minimum Gasteiger partial charge on any atom is -0.469 e. The number of carbonyl (C=O) groups is 3. The van der Waals surface area contributed by atoms with E-state index in [4.69, 9.17) is 9.47 Å². The van der Waals surface area contributed by atoms with Gasteiger partial charge in [-0.3, -0.25) is 19.3 Å². The number of anilines is 1. The number of hydrogen-bond donors (Lipinski definition) is 0. The van der Waals surface area contributed by atoms with Crippen molar-refractivity contribution in [2.45, 2.75) is 13.0 Å². The molecule has 0 aromatic carbocycles. The lowest BCUT2D eigenvalue weighted by atomic mass is 10.1. The summed E-state index contributed by atoms with van der Waals surface area (Å²) in [7, 11) is 2.96. The number of nitrogens with zero attached hydrogens (tertiary/aromatic N) is 4. The molecule has 3 aliphatic rings. The van der Waals surface area contributed by atoms with Gasteiger partial charge in [0, 0.05) is 33.2 Å². The number of hydrogen-bond acceptors (Lipinski definition) is 8. The quantitative estimate of drug-likeness (QED) is 0.658. The highest BCUT2D eigenvalue weighted by Crippen LogP contribution is 2.52. The molecule has 0 N–H and O–H groups in total. The van der Waals surface area contributed by atoms with Crippen LogP contribution in [0.1, 0.15) is 11.4 Å². The van der Waals surface area contributed by atoms with Crippen molar-refractivity contribution in [3.63, 3.8) is 0 Å². The first-order valence-electron chi connectivity index (χ1n) is 8.51. The van der Waals surface area contributed by atoms with Crippen LogP contribution in [0.15, 0.2) is 0 Å². The second-order valence-corrected chi connectivity index (χ2v) is 7.98. The van der Waals surface area contributed by atoms with E-state index in [2.05, 4.69) is 10.2 Å². The third kappa shape index (κ3) is 2.86. The summed E-state index contributed by atoms with van der Waals surface area (Å²) >= 11 is 1.30. The highest BCUT2D eigenvalue weighted by atomic mass is 32.1. The minimum atomic E-state index is -0.369. The Labute approximate surface area is 154 Å². The van der Waals surface area contributed by atoms with Crippen LogP contribution in [0.4, 0.5) is 5.13 Å². The van der Waals surface area contributed by atoms with E-state index in [0.29, 0.717) is 36.4 Å². The Morgan fingerprint density at radius 2 is 1.92 bits per heavy atom. The van der Waals surface area contributed by atoms with Crippen LogP contribution in [0.5, 0.6) is 0 Å². The van der Waals surface area contributed by atoms with Gasteiger partial charge in [-0.05, 0) is 11.8 Å². The van der Waals surface area contributed by atoms with Crippen molar-refractivity contribution in [1.29, 1.82) is 0 Å². The zero-order chi connectivity index (χ0) is 18.4. The fraction of sp³-hybridized carbons (Fsp3) is 0.688. The summed E-state index contributed by atoms with van der Waals surface area (Å²) in [6.45, 7) is 1.82. The molecule has 4 rings (SSSR count). The maximum absolute atomic E-state index is 12.8. The van der Waals surface area contributed by atoms with Crippen molar-refractivity contribution < 1.29 is 23.9 Å². The number of amides is 2. The fourth-order valence-electron chi connectivity index (χ4n) is 4.04. The molecule has 0 spiro atoms. The first-order valence-corrected chi connectivity index (χ1v) is 9.33. The smallest absolute Gasteiger partial charge is 0.309 e. The summed E-state index contributed by atoms with van der Waals surface area (Å²) < 4.78 is 9.80. The van der Waals surface area contributed by atoms with Gasteiger partial charge in [-0.15, -0.1) is 10.2 Å². The Bertz CT molecular complexity index is 741. The predicted octanol–water partition coefficient (Wildman–Crippen LogP) is -0.0852. The van der Waals surface area contributed by atoms with Crippen molar-refractivity contribution >= 4 is 34.3 Å². The molecular weight excluding hydrogens is 360 g/mol. The van der Waals surface area contributed by atoms with E-state index in [9.17, 15) is 14.4 Å². The second-order valence-electron chi connectivity index (χ2n) is 6.94. The molecule has 4 atom stereocenters. The van der Waals surface area contributed by atoms with Gasteiger partial charge in [0.2, 0.25) is 16.9 Å². The molecule has 3 fully saturated rings. The van der Waals surface area contributed by atoms with Gasteiger partial charge in [-0.25, -0.2) is 0 Å². The summed E-state index contributed by atoms with van der Waals surface area (Å²) in [6, 6.07) is 0. The zero-order valence-corrected chi connectivity index (χ0v) is 15.4. The second kappa shape index (κ2) is 6.58. The number of aromatic nitrogens is 2. The van der Waals surface area contributed by atoms with Gasteiger partial charge in [0.25, 0.3) is 0 Å². The van der Waals surface area contributed by atoms with Crippen LogP contribution in [0.25, 0.3) is 0 Å².